The van der Waals surface area contributed by atoms with Gasteiger partial charge in [-0.15, -0.1) is 0 Å². The number of nitrogens with zero attached hydrogens (tertiary/aromatic N) is 5. The second-order valence-electron chi connectivity index (χ2n) is 7.71. The van der Waals surface area contributed by atoms with Crippen LogP contribution in [0.1, 0.15) is 28.9 Å². The van der Waals surface area contributed by atoms with Crippen LogP contribution in [0.5, 0.6) is 5.75 Å². The second-order valence-corrected chi connectivity index (χ2v) is 7.71. The maximum Gasteiger partial charge on any atom is 0.257 e. The van der Waals surface area contributed by atoms with Crippen LogP contribution in [0, 0.1) is 24.4 Å². The number of rotatable bonds is 4. The zero-order chi connectivity index (χ0) is 22.1. The molecular weight excluding hydrogens is 411 g/mol. The van der Waals surface area contributed by atoms with Crippen molar-refractivity contribution < 1.29 is 22.7 Å². The fourth-order valence-electron chi connectivity index (χ4n) is 3.98. The van der Waals surface area contributed by atoms with Crippen molar-refractivity contribution in [2.45, 2.75) is 19.8 Å². The number of halogens is 3. The van der Waals surface area contributed by atoms with E-state index in [1.54, 1.807) is 0 Å². The molecule has 0 spiro atoms. The summed E-state index contributed by atoms with van der Waals surface area (Å²) in [6.45, 7) is 5.30. The first kappa shape index (κ1) is 21.2. The fraction of sp³-hybridized carbons (Fsp3) is 0.476. The number of aryl methyl sites for hydroxylation is 1. The van der Waals surface area contributed by atoms with Crippen LogP contribution >= 0.6 is 0 Å². The van der Waals surface area contributed by atoms with E-state index in [1.165, 1.54) is 4.90 Å². The lowest BCUT2D eigenvalue weighted by molar-refractivity contribution is 0.0739. The normalized spacial score (nSPS) is 16.7. The number of aromatic nitrogens is 2. The van der Waals surface area contributed by atoms with E-state index in [1.807, 2.05) is 17.9 Å². The molecule has 1 aromatic heterocycles. The molecule has 0 N–H and O–H groups in total. The number of hydrogen-bond acceptors (Lipinski definition) is 6. The van der Waals surface area contributed by atoms with E-state index < -0.39 is 34.7 Å². The predicted octanol–water partition coefficient (Wildman–Crippen LogP) is 2.77. The van der Waals surface area contributed by atoms with Crippen LogP contribution in [-0.4, -0.2) is 67.2 Å². The highest BCUT2D eigenvalue weighted by Gasteiger charge is 2.29. The summed E-state index contributed by atoms with van der Waals surface area (Å²) >= 11 is 0. The first-order chi connectivity index (χ1) is 14.9. The zero-order valence-corrected chi connectivity index (χ0v) is 17.5. The van der Waals surface area contributed by atoms with E-state index in [2.05, 4.69) is 14.6 Å². The number of methoxy groups -OCH3 is 1. The van der Waals surface area contributed by atoms with Crippen molar-refractivity contribution in [1.29, 1.82) is 0 Å². The van der Waals surface area contributed by atoms with Gasteiger partial charge in [0.1, 0.15) is 5.82 Å². The first-order valence-corrected chi connectivity index (χ1v) is 10.3. The van der Waals surface area contributed by atoms with Crippen molar-refractivity contribution in [3.8, 4) is 5.75 Å². The highest BCUT2D eigenvalue weighted by atomic mass is 19.2. The van der Waals surface area contributed by atoms with Crippen LogP contribution in [-0.2, 0) is 0 Å². The Kier molecular flexibility index (Phi) is 5.88. The number of hydrogen-bond donors (Lipinski definition) is 0. The van der Waals surface area contributed by atoms with Gasteiger partial charge in [-0.05, 0) is 25.8 Å². The summed E-state index contributed by atoms with van der Waals surface area (Å²) in [6.07, 6.45) is 2.29. The van der Waals surface area contributed by atoms with E-state index in [0.29, 0.717) is 25.1 Å². The van der Waals surface area contributed by atoms with Crippen LogP contribution in [0.15, 0.2) is 12.1 Å². The van der Waals surface area contributed by atoms with Crippen molar-refractivity contribution in [2.24, 2.45) is 0 Å². The van der Waals surface area contributed by atoms with E-state index in [4.69, 9.17) is 4.98 Å². The number of carbonyl (C=O) groups is 1. The van der Waals surface area contributed by atoms with Gasteiger partial charge in [0.2, 0.25) is 11.8 Å². The highest BCUT2D eigenvalue weighted by Crippen LogP contribution is 2.28. The molecule has 0 aliphatic carbocycles. The molecule has 1 amide bonds. The summed E-state index contributed by atoms with van der Waals surface area (Å²) in [5.41, 5.74) is 0.314. The molecule has 2 aliphatic rings. The van der Waals surface area contributed by atoms with Crippen molar-refractivity contribution in [1.82, 2.24) is 14.9 Å². The summed E-state index contributed by atoms with van der Waals surface area (Å²) in [5, 5.41) is 0. The average molecular weight is 435 g/mol. The Labute approximate surface area is 178 Å². The third-order valence-electron chi connectivity index (χ3n) is 5.66. The number of piperazine rings is 1. The van der Waals surface area contributed by atoms with Crippen molar-refractivity contribution in [3.05, 3.63) is 40.8 Å². The highest BCUT2D eigenvalue weighted by molar-refractivity contribution is 5.95. The van der Waals surface area contributed by atoms with Crippen LogP contribution in [0.3, 0.4) is 0 Å². The van der Waals surface area contributed by atoms with Gasteiger partial charge in [-0.3, -0.25) is 4.79 Å². The third kappa shape index (κ3) is 4.11. The van der Waals surface area contributed by atoms with E-state index in [9.17, 15) is 18.0 Å². The Morgan fingerprint density at radius 2 is 1.61 bits per heavy atom. The largest absolute Gasteiger partial charge is 0.491 e. The Bertz CT molecular complexity index is 989. The minimum Gasteiger partial charge on any atom is -0.491 e. The third-order valence-corrected chi connectivity index (χ3v) is 5.66. The van der Waals surface area contributed by atoms with Crippen LogP contribution in [0.25, 0.3) is 0 Å². The molecule has 166 valence electrons. The summed E-state index contributed by atoms with van der Waals surface area (Å²) in [5.74, 6) is -4.10. The van der Waals surface area contributed by atoms with Gasteiger partial charge < -0.3 is 19.4 Å². The smallest absolute Gasteiger partial charge is 0.257 e. The summed E-state index contributed by atoms with van der Waals surface area (Å²) in [7, 11) is 1.02. The molecule has 1 aromatic carbocycles. The molecule has 10 heteroatoms. The van der Waals surface area contributed by atoms with E-state index in [0.717, 1.165) is 44.6 Å². The lowest BCUT2D eigenvalue weighted by Gasteiger charge is -2.35. The molecule has 7 nitrogen and oxygen atoms in total. The van der Waals surface area contributed by atoms with Gasteiger partial charge >= 0.3 is 0 Å². The molecule has 31 heavy (non-hydrogen) atoms. The number of anilines is 2. The van der Waals surface area contributed by atoms with Crippen LogP contribution in [0.2, 0.25) is 0 Å². The molecule has 0 unspecified atom stereocenters. The van der Waals surface area contributed by atoms with E-state index in [-0.39, 0.29) is 13.1 Å². The van der Waals surface area contributed by atoms with Crippen molar-refractivity contribution >= 4 is 17.7 Å². The van der Waals surface area contributed by atoms with Crippen molar-refractivity contribution in [3.63, 3.8) is 0 Å². The molecule has 0 bridgehead atoms. The average Bonchev–Trinajstić information content (AvgIpc) is 3.31. The topological polar surface area (TPSA) is 61.8 Å². The Balaban J connectivity index is 1.48. The molecular formula is C21H24F3N5O2. The van der Waals surface area contributed by atoms with E-state index >= 15 is 0 Å². The van der Waals surface area contributed by atoms with Gasteiger partial charge in [-0.1, -0.05) is 0 Å². The number of benzene rings is 1. The minimum atomic E-state index is -1.45. The quantitative estimate of drug-likeness (QED) is 0.689. The summed E-state index contributed by atoms with van der Waals surface area (Å²) in [6, 6.07) is 2.54. The van der Waals surface area contributed by atoms with Gasteiger partial charge in [-0.2, -0.15) is 9.37 Å². The van der Waals surface area contributed by atoms with Gasteiger partial charge in [0.25, 0.3) is 5.91 Å². The SMILES string of the molecule is COc1c(F)c(F)cc(C(=O)N2CCN(c3nc(C)cc(N4CCCC4)n3)CC2)c1F. The fourth-order valence-corrected chi connectivity index (χ4v) is 3.98. The van der Waals surface area contributed by atoms with Crippen molar-refractivity contribution in [2.75, 3.05) is 56.2 Å². The molecule has 0 radical (unpaired) electrons. The molecule has 0 atom stereocenters. The van der Waals surface area contributed by atoms with Gasteiger partial charge in [0, 0.05) is 51.0 Å². The molecule has 2 aliphatic heterocycles. The lowest BCUT2D eigenvalue weighted by atomic mass is 10.1. The molecule has 3 heterocycles. The Morgan fingerprint density at radius 3 is 2.26 bits per heavy atom. The maximum absolute atomic E-state index is 14.5. The zero-order valence-electron chi connectivity index (χ0n) is 17.5. The first-order valence-electron chi connectivity index (χ1n) is 10.3. The monoisotopic (exact) mass is 435 g/mol. The number of ether oxygens (including phenoxy) is 1. The standard InChI is InChI=1S/C21H24F3N5O2/c1-13-11-16(27-5-3-4-6-27)26-21(25-13)29-9-7-28(8-10-29)20(30)14-12-15(22)18(24)19(31-2)17(14)23/h11-12H,3-10H2,1-2H3. The number of amides is 1. The molecule has 4 rings (SSSR count). The lowest BCUT2D eigenvalue weighted by Crippen LogP contribution is -2.49. The predicted molar refractivity (Wildman–Crippen MR) is 109 cm³/mol. The second kappa shape index (κ2) is 8.60. The minimum absolute atomic E-state index is 0.274. The molecule has 2 saturated heterocycles. The molecule has 0 saturated carbocycles. The molecule has 2 fully saturated rings. The van der Waals surface area contributed by atoms with Crippen LogP contribution < -0.4 is 14.5 Å². The Hall–Kier alpha value is -3.04. The molecule has 2 aromatic rings. The maximum atomic E-state index is 14.5. The van der Waals surface area contributed by atoms with Gasteiger partial charge in [-0.25, -0.2) is 13.8 Å². The summed E-state index contributed by atoms with van der Waals surface area (Å²) < 4.78 is 46.5. The van der Waals surface area contributed by atoms with Gasteiger partial charge in [0.15, 0.2) is 17.4 Å². The summed E-state index contributed by atoms with van der Waals surface area (Å²) in [4.78, 5) is 27.6. The Morgan fingerprint density at radius 1 is 0.935 bits per heavy atom. The van der Waals surface area contributed by atoms with Gasteiger partial charge in [0.05, 0.1) is 12.7 Å². The van der Waals surface area contributed by atoms with Crippen LogP contribution in [0.4, 0.5) is 24.9 Å². The number of carbonyl (C=O) groups excluding carboxylic acids is 1.